The van der Waals surface area contributed by atoms with Gasteiger partial charge in [-0.05, 0) is 44.7 Å². The summed E-state index contributed by atoms with van der Waals surface area (Å²) in [5.41, 5.74) is 2.91. The van der Waals surface area contributed by atoms with Gasteiger partial charge in [-0.25, -0.2) is 0 Å². The topological polar surface area (TPSA) is 32.3 Å². The molecule has 1 heterocycles. The molecule has 19 heavy (non-hydrogen) atoms. The molecule has 3 nitrogen and oxygen atoms in total. The van der Waals surface area contributed by atoms with E-state index in [1.54, 1.807) is 0 Å². The van der Waals surface area contributed by atoms with Gasteiger partial charge < -0.3 is 10.2 Å². The van der Waals surface area contributed by atoms with E-state index in [4.69, 9.17) is 0 Å². The molecule has 0 unspecified atom stereocenters. The average molecular weight is 260 g/mol. The lowest BCUT2D eigenvalue weighted by Crippen LogP contribution is -2.38. The van der Waals surface area contributed by atoms with Gasteiger partial charge in [0.05, 0.1) is 5.56 Å². The van der Waals surface area contributed by atoms with E-state index in [9.17, 15) is 4.79 Å². The first-order valence-electron chi connectivity index (χ1n) is 7.25. The Morgan fingerprint density at radius 1 is 1.37 bits per heavy atom. The molecule has 1 amide bonds. The number of rotatable bonds is 3. The second-order valence-corrected chi connectivity index (χ2v) is 5.55. The number of nitrogens with one attached hydrogen (secondary N) is 1. The van der Waals surface area contributed by atoms with Crippen molar-refractivity contribution in [3.63, 3.8) is 0 Å². The second-order valence-electron chi connectivity index (χ2n) is 5.55. The van der Waals surface area contributed by atoms with Crippen molar-refractivity contribution in [1.82, 2.24) is 4.90 Å². The van der Waals surface area contributed by atoms with Crippen LogP contribution in [0.3, 0.4) is 0 Å². The SMILES string of the molecule is CCNc1ccc(C)cc1C(=O)N1CCC(C)CC1. The lowest BCUT2D eigenvalue weighted by Gasteiger charge is -2.31. The summed E-state index contributed by atoms with van der Waals surface area (Å²) in [5, 5.41) is 3.28. The summed E-state index contributed by atoms with van der Waals surface area (Å²) in [6.07, 6.45) is 2.24. The van der Waals surface area contributed by atoms with Gasteiger partial charge in [0, 0.05) is 25.3 Å². The van der Waals surface area contributed by atoms with Crippen molar-refractivity contribution in [2.45, 2.75) is 33.6 Å². The van der Waals surface area contributed by atoms with Crippen LogP contribution in [0, 0.1) is 12.8 Å². The van der Waals surface area contributed by atoms with Gasteiger partial charge in [-0.3, -0.25) is 4.79 Å². The summed E-state index contributed by atoms with van der Waals surface area (Å²) >= 11 is 0. The molecule has 0 atom stereocenters. The molecule has 1 N–H and O–H groups in total. The Labute approximate surface area is 116 Å². The molecule has 1 aromatic carbocycles. The number of carbonyl (C=O) groups is 1. The van der Waals surface area contributed by atoms with Gasteiger partial charge in [0.1, 0.15) is 0 Å². The molecule has 1 aromatic rings. The maximum atomic E-state index is 12.6. The van der Waals surface area contributed by atoms with Crippen molar-refractivity contribution in [3.8, 4) is 0 Å². The van der Waals surface area contributed by atoms with Crippen LogP contribution in [0.1, 0.15) is 42.6 Å². The fraction of sp³-hybridized carbons (Fsp3) is 0.562. The summed E-state index contributed by atoms with van der Waals surface area (Å²) in [5.74, 6) is 0.918. The largest absolute Gasteiger partial charge is 0.385 e. The maximum Gasteiger partial charge on any atom is 0.255 e. The number of anilines is 1. The van der Waals surface area contributed by atoms with Crippen LogP contribution in [0.2, 0.25) is 0 Å². The van der Waals surface area contributed by atoms with Gasteiger partial charge in [-0.2, -0.15) is 0 Å². The molecule has 3 heteroatoms. The molecular weight excluding hydrogens is 236 g/mol. The van der Waals surface area contributed by atoms with Gasteiger partial charge in [0.15, 0.2) is 0 Å². The number of likely N-dealkylation sites (tertiary alicyclic amines) is 1. The number of benzene rings is 1. The second kappa shape index (κ2) is 6.09. The third-order valence-corrected chi connectivity index (χ3v) is 3.84. The van der Waals surface area contributed by atoms with E-state index in [-0.39, 0.29) is 5.91 Å². The monoisotopic (exact) mass is 260 g/mol. The molecule has 2 rings (SSSR count). The first-order valence-corrected chi connectivity index (χ1v) is 7.25. The first kappa shape index (κ1) is 13.9. The Morgan fingerprint density at radius 2 is 2.05 bits per heavy atom. The summed E-state index contributed by atoms with van der Waals surface area (Å²) in [6.45, 7) is 8.96. The summed E-state index contributed by atoms with van der Waals surface area (Å²) in [7, 11) is 0. The molecular formula is C16H24N2O. The van der Waals surface area contributed by atoms with E-state index in [1.807, 2.05) is 30.0 Å². The maximum absolute atomic E-state index is 12.6. The quantitative estimate of drug-likeness (QED) is 0.904. The standard InChI is InChI=1S/C16H24N2O/c1-4-17-15-6-5-13(3)11-14(15)16(19)18-9-7-12(2)8-10-18/h5-6,11-12,17H,4,7-10H2,1-3H3. The molecule has 104 valence electrons. The van der Waals surface area contributed by atoms with Crippen molar-refractivity contribution < 1.29 is 4.79 Å². The smallest absolute Gasteiger partial charge is 0.255 e. The zero-order valence-corrected chi connectivity index (χ0v) is 12.2. The third kappa shape index (κ3) is 3.28. The number of aryl methyl sites for hydroxylation is 1. The number of piperidine rings is 1. The molecule has 1 fully saturated rings. The molecule has 1 aliphatic heterocycles. The fourth-order valence-electron chi connectivity index (χ4n) is 2.56. The van der Waals surface area contributed by atoms with Gasteiger partial charge in [0.2, 0.25) is 0 Å². The van der Waals surface area contributed by atoms with Crippen LogP contribution < -0.4 is 5.32 Å². The molecule has 0 aliphatic carbocycles. The van der Waals surface area contributed by atoms with E-state index in [0.29, 0.717) is 0 Å². The number of carbonyl (C=O) groups excluding carboxylic acids is 1. The van der Waals surface area contributed by atoms with E-state index in [2.05, 4.69) is 19.2 Å². The highest BCUT2D eigenvalue weighted by Crippen LogP contribution is 2.23. The molecule has 0 radical (unpaired) electrons. The van der Waals surface area contributed by atoms with Crippen LogP contribution in [0.15, 0.2) is 18.2 Å². The molecule has 1 saturated heterocycles. The first-order chi connectivity index (χ1) is 9.11. The van der Waals surface area contributed by atoms with Crippen LogP contribution in [0.5, 0.6) is 0 Å². The van der Waals surface area contributed by atoms with Gasteiger partial charge in [0.25, 0.3) is 5.91 Å². The Morgan fingerprint density at radius 3 is 2.68 bits per heavy atom. The van der Waals surface area contributed by atoms with E-state index < -0.39 is 0 Å². The van der Waals surface area contributed by atoms with Gasteiger partial charge in [-0.1, -0.05) is 18.6 Å². The Hall–Kier alpha value is -1.51. The summed E-state index contributed by atoms with van der Waals surface area (Å²) in [6, 6.07) is 6.06. The minimum absolute atomic E-state index is 0.173. The lowest BCUT2D eigenvalue weighted by molar-refractivity contribution is 0.0698. The zero-order chi connectivity index (χ0) is 13.8. The van der Waals surface area contributed by atoms with Crippen LogP contribution in [-0.4, -0.2) is 30.4 Å². The predicted octanol–water partition coefficient (Wildman–Crippen LogP) is 3.30. The number of amides is 1. The number of nitrogens with zero attached hydrogens (tertiary/aromatic N) is 1. The summed E-state index contributed by atoms with van der Waals surface area (Å²) < 4.78 is 0. The molecule has 0 saturated carbocycles. The van der Waals surface area contributed by atoms with Gasteiger partial charge in [-0.15, -0.1) is 0 Å². The highest BCUT2D eigenvalue weighted by Gasteiger charge is 2.23. The Kier molecular flexibility index (Phi) is 4.46. The molecule has 0 spiro atoms. The molecule has 0 bridgehead atoms. The van der Waals surface area contributed by atoms with Crippen molar-refractivity contribution >= 4 is 11.6 Å². The minimum Gasteiger partial charge on any atom is -0.385 e. The highest BCUT2D eigenvalue weighted by molar-refractivity contribution is 5.99. The van der Waals surface area contributed by atoms with Crippen molar-refractivity contribution in [2.24, 2.45) is 5.92 Å². The normalized spacial score (nSPS) is 16.5. The van der Waals surface area contributed by atoms with Crippen molar-refractivity contribution in [3.05, 3.63) is 29.3 Å². The van der Waals surface area contributed by atoms with E-state index in [0.717, 1.165) is 55.2 Å². The lowest BCUT2D eigenvalue weighted by atomic mass is 9.98. The predicted molar refractivity (Wildman–Crippen MR) is 79.6 cm³/mol. The highest BCUT2D eigenvalue weighted by atomic mass is 16.2. The number of hydrogen-bond acceptors (Lipinski definition) is 2. The average Bonchev–Trinajstić information content (AvgIpc) is 2.41. The zero-order valence-electron chi connectivity index (χ0n) is 12.2. The third-order valence-electron chi connectivity index (χ3n) is 3.84. The Balaban J connectivity index is 2.20. The van der Waals surface area contributed by atoms with E-state index in [1.165, 1.54) is 0 Å². The fourth-order valence-corrected chi connectivity index (χ4v) is 2.56. The van der Waals surface area contributed by atoms with Crippen molar-refractivity contribution in [1.29, 1.82) is 0 Å². The minimum atomic E-state index is 0.173. The van der Waals surface area contributed by atoms with Crippen LogP contribution in [-0.2, 0) is 0 Å². The summed E-state index contributed by atoms with van der Waals surface area (Å²) in [4.78, 5) is 14.6. The van der Waals surface area contributed by atoms with Crippen LogP contribution >= 0.6 is 0 Å². The van der Waals surface area contributed by atoms with Crippen LogP contribution in [0.4, 0.5) is 5.69 Å². The Bertz CT molecular complexity index is 448. The molecule has 0 aromatic heterocycles. The van der Waals surface area contributed by atoms with Gasteiger partial charge >= 0.3 is 0 Å². The van der Waals surface area contributed by atoms with E-state index >= 15 is 0 Å². The molecule has 1 aliphatic rings. The van der Waals surface area contributed by atoms with Crippen LogP contribution in [0.25, 0.3) is 0 Å². The number of hydrogen-bond donors (Lipinski definition) is 1. The van der Waals surface area contributed by atoms with Crippen molar-refractivity contribution in [2.75, 3.05) is 25.0 Å².